The molecule has 1 fully saturated rings. The van der Waals surface area contributed by atoms with Gasteiger partial charge in [-0.3, -0.25) is 9.89 Å². The molecule has 17 heavy (non-hydrogen) atoms. The van der Waals surface area contributed by atoms with Gasteiger partial charge in [0, 0.05) is 6.42 Å². The molecule has 5 nitrogen and oxygen atoms in total. The standard InChI is InChI=1S/C12H16N4O/c13-7-10-8-14-16-12(10)15-11(17)6-5-9-3-1-2-4-9/h8-9H,1-6H2,(H2,14,15,16,17). The van der Waals surface area contributed by atoms with Gasteiger partial charge >= 0.3 is 0 Å². The first-order valence-corrected chi connectivity index (χ1v) is 6.03. The summed E-state index contributed by atoms with van der Waals surface area (Å²) in [6, 6.07) is 1.97. The van der Waals surface area contributed by atoms with Gasteiger partial charge in [-0.1, -0.05) is 25.7 Å². The van der Waals surface area contributed by atoms with E-state index in [1.807, 2.05) is 6.07 Å². The lowest BCUT2D eigenvalue weighted by Gasteiger charge is -2.08. The van der Waals surface area contributed by atoms with Gasteiger partial charge in [0.2, 0.25) is 5.91 Å². The molecule has 0 unspecified atom stereocenters. The highest BCUT2D eigenvalue weighted by Gasteiger charge is 2.16. The van der Waals surface area contributed by atoms with E-state index in [1.165, 1.54) is 31.9 Å². The van der Waals surface area contributed by atoms with Crippen molar-refractivity contribution in [3.8, 4) is 6.07 Å². The van der Waals surface area contributed by atoms with E-state index in [4.69, 9.17) is 5.26 Å². The third-order valence-electron chi connectivity index (χ3n) is 3.28. The first kappa shape index (κ1) is 11.6. The fourth-order valence-electron chi connectivity index (χ4n) is 2.30. The number of nitrogens with one attached hydrogen (secondary N) is 2. The molecule has 0 aliphatic heterocycles. The van der Waals surface area contributed by atoms with Crippen LogP contribution in [0.4, 0.5) is 5.82 Å². The van der Waals surface area contributed by atoms with Crippen molar-refractivity contribution >= 4 is 11.7 Å². The highest BCUT2D eigenvalue weighted by molar-refractivity contribution is 5.90. The van der Waals surface area contributed by atoms with Crippen molar-refractivity contribution in [2.75, 3.05) is 5.32 Å². The number of carbonyl (C=O) groups excluding carboxylic acids is 1. The highest BCUT2D eigenvalue weighted by atomic mass is 16.1. The van der Waals surface area contributed by atoms with E-state index in [9.17, 15) is 4.79 Å². The van der Waals surface area contributed by atoms with Gasteiger partial charge in [0.15, 0.2) is 0 Å². The lowest BCUT2D eigenvalue weighted by Crippen LogP contribution is -2.13. The maximum absolute atomic E-state index is 11.7. The fourth-order valence-corrected chi connectivity index (χ4v) is 2.30. The first-order chi connectivity index (χ1) is 8.29. The minimum atomic E-state index is -0.0438. The summed E-state index contributed by atoms with van der Waals surface area (Å²) >= 11 is 0. The second-order valence-electron chi connectivity index (χ2n) is 4.51. The van der Waals surface area contributed by atoms with Gasteiger partial charge < -0.3 is 5.32 Å². The van der Waals surface area contributed by atoms with Crippen LogP contribution < -0.4 is 5.32 Å². The summed E-state index contributed by atoms with van der Waals surface area (Å²) in [5, 5.41) is 17.8. The van der Waals surface area contributed by atoms with E-state index in [-0.39, 0.29) is 5.91 Å². The van der Waals surface area contributed by atoms with Gasteiger partial charge in [0.25, 0.3) is 0 Å². The average Bonchev–Trinajstić information content (AvgIpc) is 2.97. The molecular formula is C12H16N4O. The largest absolute Gasteiger partial charge is 0.310 e. The quantitative estimate of drug-likeness (QED) is 0.834. The molecule has 1 aliphatic carbocycles. The van der Waals surface area contributed by atoms with Crippen molar-refractivity contribution in [2.45, 2.75) is 38.5 Å². The van der Waals surface area contributed by atoms with E-state index in [0.29, 0.717) is 23.7 Å². The Kier molecular flexibility index (Phi) is 3.76. The van der Waals surface area contributed by atoms with Gasteiger partial charge in [-0.15, -0.1) is 0 Å². The smallest absolute Gasteiger partial charge is 0.225 e. The average molecular weight is 232 g/mol. The molecule has 1 heterocycles. The molecule has 0 saturated heterocycles. The van der Waals surface area contributed by atoms with E-state index in [1.54, 1.807) is 0 Å². The predicted octanol–water partition coefficient (Wildman–Crippen LogP) is 2.19. The number of carbonyl (C=O) groups is 1. The minimum Gasteiger partial charge on any atom is -0.310 e. The van der Waals surface area contributed by atoms with Crippen LogP contribution in [0, 0.1) is 17.2 Å². The zero-order chi connectivity index (χ0) is 12.1. The van der Waals surface area contributed by atoms with Gasteiger partial charge in [-0.25, -0.2) is 0 Å². The van der Waals surface area contributed by atoms with Crippen molar-refractivity contribution in [1.82, 2.24) is 10.2 Å². The molecule has 0 bridgehead atoms. The Balaban J connectivity index is 1.79. The molecule has 0 aromatic carbocycles. The van der Waals surface area contributed by atoms with Gasteiger partial charge in [0.05, 0.1) is 6.20 Å². The van der Waals surface area contributed by atoms with Crippen LogP contribution >= 0.6 is 0 Å². The highest BCUT2D eigenvalue weighted by Crippen LogP contribution is 2.28. The Morgan fingerprint density at radius 3 is 3.06 bits per heavy atom. The van der Waals surface area contributed by atoms with Gasteiger partial charge in [-0.2, -0.15) is 10.4 Å². The van der Waals surface area contributed by atoms with Crippen LogP contribution in [0.3, 0.4) is 0 Å². The molecule has 2 N–H and O–H groups in total. The molecule has 1 amide bonds. The first-order valence-electron chi connectivity index (χ1n) is 6.03. The van der Waals surface area contributed by atoms with E-state index >= 15 is 0 Å². The van der Waals surface area contributed by atoms with Gasteiger partial charge in [0.1, 0.15) is 17.5 Å². The molecular weight excluding hydrogens is 216 g/mol. The Morgan fingerprint density at radius 2 is 2.35 bits per heavy atom. The molecule has 5 heteroatoms. The summed E-state index contributed by atoms with van der Waals surface area (Å²) < 4.78 is 0. The summed E-state index contributed by atoms with van der Waals surface area (Å²) in [6.07, 6.45) is 7.97. The molecule has 1 aliphatic rings. The van der Waals surface area contributed by atoms with Crippen LogP contribution in [0.15, 0.2) is 6.20 Å². The minimum absolute atomic E-state index is 0.0438. The monoisotopic (exact) mass is 232 g/mol. The van der Waals surface area contributed by atoms with Gasteiger partial charge in [-0.05, 0) is 12.3 Å². The van der Waals surface area contributed by atoms with E-state index in [2.05, 4.69) is 15.5 Å². The molecule has 0 atom stereocenters. The third kappa shape index (κ3) is 3.06. The van der Waals surface area contributed by atoms with Crippen LogP contribution in [0.2, 0.25) is 0 Å². The summed E-state index contributed by atoms with van der Waals surface area (Å²) in [5.41, 5.74) is 0.374. The number of aromatic nitrogens is 2. The summed E-state index contributed by atoms with van der Waals surface area (Å²) in [7, 11) is 0. The Labute approximate surface area is 100 Å². The number of aromatic amines is 1. The lowest BCUT2D eigenvalue weighted by atomic mass is 10.0. The van der Waals surface area contributed by atoms with Crippen LogP contribution in [0.1, 0.15) is 44.1 Å². The number of hydrogen-bond donors (Lipinski definition) is 2. The van der Waals surface area contributed by atoms with Crippen molar-refractivity contribution in [1.29, 1.82) is 5.26 Å². The maximum Gasteiger partial charge on any atom is 0.225 e. The van der Waals surface area contributed by atoms with E-state index < -0.39 is 0 Å². The number of anilines is 1. The number of rotatable bonds is 4. The van der Waals surface area contributed by atoms with Crippen molar-refractivity contribution < 1.29 is 4.79 Å². The number of H-pyrrole nitrogens is 1. The van der Waals surface area contributed by atoms with Crippen molar-refractivity contribution in [2.24, 2.45) is 5.92 Å². The zero-order valence-corrected chi connectivity index (χ0v) is 9.70. The second-order valence-corrected chi connectivity index (χ2v) is 4.51. The summed E-state index contributed by atoms with van der Waals surface area (Å²) in [5.74, 6) is 1.07. The fraction of sp³-hybridized carbons (Fsp3) is 0.583. The normalized spacial score (nSPS) is 15.7. The number of nitriles is 1. The Morgan fingerprint density at radius 1 is 1.59 bits per heavy atom. The van der Waals surface area contributed by atoms with Crippen LogP contribution in [-0.4, -0.2) is 16.1 Å². The Hall–Kier alpha value is -1.83. The molecule has 0 radical (unpaired) electrons. The van der Waals surface area contributed by atoms with Crippen molar-refractivity contribution in [3.63, 3.8) is 0 Å². The van der Waals surface area contributed by atoms with Crippen LogP contribution in [0.25, 0.3) is 0 Å². The maximum atomic E-state index is 11.7. The number of hydrogen-bond acceptors (Lipinski definition) is 3. The lowest BCUT2D eigenvalue weighted by molar-refractivity contribution is -0.116. The third-order valence-corrected chi connectivity index (χ3v) is 3.28. The molecule has 1 saturated carbocycles. The molecule has 0 spiro atoms. The summed E-state index contributed by atoms with van der Waals surface area (Å²) in [6.45, 7) is 0. The SMILES string of the molecule is N#Cc1cn[nH]c1NC(=O)CCC1CCCC1. The molecule has 1 aromatic rings. The predicted molar refractivity (Wildman–Crippen MR) is 63.1 cm³/mol. The molecule has 90 valence electrons. The number of nitrogens with zero attached hydrogens (tertiary/aromatic N) is 2. The Bertz CT molecular complexity index is 426. The van der Waals surface area contributed by atoms with Crippen LogP contribution in [0.5, 0.6) is 0 Å². The van der Waals surface area contributed by atoms with E-state index in [0.717, 1.165) is 6.42 Å². The van der Waals surface area contributed by atoms with Crippen molar-refractivity contribution in [3.05, 3.63) is 11.8 Å². The zero-order valence-electron chi connectivity index (χ0n) is 9.70. The molecule has 1 aromatic heterocycles. The van der Waals surface area contributed by atoms with Crippen LogP contribution in [-0.2, 0) is 4.79 Å². The number of amides is 1. The second kappa shape index (κ2) is 5.48. The topological polar surface area (TPSA) is 81.6 Å². The molecule has 2 rings (SSSR count). The summed E-state index contributed by atoms with van der Waals surface area (Å²) in [4.78, 5) is 11.7.